The van der Waals surface area contributed by atoms with Crippen molar-refractivity contribution in [1.82, 2.24) is 4.90 Å². The van der Waals surface area contributed by atoms with E-state index in [0.29, 0.717) is 11.8 Å². The molecular weight excluding hydrogens is 567 g/mol. The molecule has 6 fully saturated rings. The van der Waals surface area contributed by atoms with E-state index in [1.807, 2.05) is 0 Å². The number of benzene rings is 1. The van der Waals surface area contributed by atoms with Gasteiger partial charge in [-0.1, -0.05) is 34.6 Å². The Balaban J connectivity index is 1.14. The van der Waals surface area contributed by atoms with Gasteiger partial charge in [0.15, 0.2) is 17.5 Å². The van der Waals surface area contributed by atoms with Crippen molar-refractivity contribution in [2.24, 2.45) is 50.7 Å². The molecule has 0 bridgehead atoms. The summed E-state index contributed by atoms with van der Waals surface area (Å²) in [5.74, 6) is -2.95. The minimum absolute atomic E-state index is 0.0529. The summed E-state index contributed by atoms with van der Waals surface area (Å²) >= 11 is 0. The molecule has 5 nitrogen and oxygen atoms in total. The van der Waals surface area contributed by atoms with Gasteiger partial charge < -0.3 is 19.8 Å². The topological polar surface area (TPSA) is 70.0 Å². The zero-order valence-electron chi connectivity index (χ0n) is 27.1. The fraction of sp³-hybridized carbons (Fsp3) is 0.806. The second kappa shape index (κ2) is 9.70. The van der Waals surface area contributed by atoms with Gasteiger partial charge in [0.1, 0.15) is 0 Å². The minimum Gasteiger partial charge on any atom is -0.393 e. The number of ether oxygens (including phenoxy) is 1. The number of aliphatic hydroxyl groups excluding tert-OH is 2. The molecule has 0 radical (unpaired) electrons. The third kappa shape index (κ3) is 3.79. The van der Waals surface area contributed by atoms with Gasteiger partial charge in [-0.3, -0.25) is 4.79 Å². The summed E-state index contributed by atoms with van der Waals surface area (Å²) in [5, 5.41) is 23.4. The Morgan fingerprint density at radius 3 is 2.27 bits per heavy atom. The molecule has 1 heterocycles. The molecule has 12 atom stereocenters. The number of aliphatic hydroxyl groups is 2. The Bertz CT molecular complexity index is 1350. The van der Waals surface area contributed by atoms with E-state index in [9.17, 15) is 28.2 Å². The number of carbonyl (C=O) groups is 1. The highest BCUT2D eigenvalue weighted by Crippen LogP contribution is 2.89. The quantitative estimate of drug-likeness (QED) is 0.373. The van der Waals surface area contributed by atoms with Crippen molar-refractivity contribution in [2.45, 2.75) is 124 Å². The number of amides is 1. The van der Waals surface area contributed by atoms with Crippen molar-refractivity contribution in [3.8, 4) is 0 Å². The van der Waals surface area contributed by atoms with Crippen molar-refractivity contribution in [3.05, 3.63) is 35.1 Å². The molecule has 1 aliphatic heterocycles. The van der Waals surface area contributed by atoms with E-state index in [2.05, 4.69) is 34.6 Å². The van der Waals surface area contributed by atoms with E-state index in [-0.39, 0.29) is 81.8 Å². The molecule has 2 spiro atoms. The highest BCUT2D eigenvalue weighted by atomic mass is 19.2. The fourth-order valence-electron chi connectivity index (χ4n) is 13.0. The van der Waals surface area contributed by atoms with Gasteiger partial charge in [-0.15, -0.1) is 0 Å². The summed E-state index contributed by atoms with van der Waals surface area (Å²) in [6.45, 7) is 13.1. The molecule has 244 valence electrons. The van der Waals surface area contributed by atoms with Crippen molar-refractivity contribution in [1.29, 1.82) is 0 Å². The maximum absolute atomic E-state index is 13.9. The summed E-state index contributed by atoms with van der Waals surface area (Å²) in [6.07, 6.45) is 6.76. The van der Waals surface area contributed by atoms with Crippen molar-refractivity contribution < 1.29 is 32.9 Å². The van der Waals surface area contributed by atoms with E-state index in [1.54, 1.807) is 0 Å². The third-order valence-corrected chi connectivity index (χ3v) is 15.1. The second-order valence-corrected chi connectivity index (χ2v) is 16.9. The normalized spacial score (nSPS) is 48.3. The molecule has 1 amide bonds. The first-order valence-corrected chi connectivity index (χ1v) is 16.9. The molecule has 7 rings (SSSR count). The number of fused-ring (bicyclic) bond motifs is 4. The number of rotatable bonds is 4. The molecule has 0 aromatic heterocycles. The van der Waals surface area contributed by atoms with Crippen LogP contribution in [0.4, 0.5) is 13.2 Å². The zero-order chi connectivity index (χ0) is 31.8. The molecule has 1 aromatic rings. The summed E-state index contributed by atoms with van der Waals surface area (Å²) < 4.78 is 48.2. The van der Waals surface area contributed by atoms with Crippen molar-refractivity contribution >= 4 is 5.91 Å². The highest BCUT2D eigenvalue weighted by molar-refractivity contribution is 5.73. The van der Waals surface area contributed by atoms with Crippen LogP contribution in [0.15, 0.2) is 12.1 Å². The Morgan fingerprint density at radius 2 is 1.61 bits per heavy atom. The van der Waals surface area contributed by atoms with Crippen molar-refractivity contribution in [2.75, 3.05) is 6.54 Å². The maximum Gasteiger partial charge on any atom is 0.219 e. The Hall–Kier alpha value is -1.64. The number of hydrogen-bond acceptors (Lipinski definition) is 4. The van der Waals surface area contributed by atoms with Crippen LogP contribution >= 0.6 is 0 Å². The van der Waals surface area contributed by atoms with Gasteiger partial charge in [-0.2, -0.15) is 0 Å². The van der Waals surface area contributed by atoms with Crippen LogP contribution in [-0.4, -0.2) is 52.0 Å². The monoisotopic (exact) mass is 617 g/mol. The first kappa shape index (κ1) is 31.0. The van der Waals surface area contributed by atoms with Gasteiger partial charge in [0.05, 0.1) is 24.4 Å². The van der Waals surface area contributed by atoms with Crippen LogP contribution in [0.5, 0.6) is 0 Å². The van der Waals surface area contributed by atoms with Crippen LogP contribution in [0.2, 0.25) is 0 Å². The first-order chi connectivity index (χ1) is 20.5. The van der Waals surface area contributed by atoms with E-state index >= 15 is 0 Å². The SMILES string of the molecule is CC(=O)N(Cc1cc(F)c(F)c(F)c1)CC1C[C@@H](C)[C@H]2C(O1)[C@H](O)[C@@]1(C)C3CC[C@H]4C(C)(C)[C@@H](O)CC[C@@]45C[C@@]35CC[C@]21C. The molecular formula is C36H50F3NO4. The van der Waals surface area contributed by atoms with Gasteiger partial charge in [0, 0.05) is 25.4 Å². The minimum atomic E-state index is -1.52. The Labute approximate surface area is 259 Å². The van der Waals surface area contributed by atoms with Crippen LogP contribution < -0.4 is 0 Å². The summed E-state index contributed by atoms with van der Waals surface area (Å²) in [7, 11) is 0. The Morgan fingerprint density at radius 1 is 0.977 bits per heavy atom. The van der Waals surface area contributed by atoms with Gasteiger partial charge in [-0.25, -0.2) is 13.2 Å². The number of halogens is 3. The summed E-state index contributed by atoms with van der Waals surface area (Å²) in [6, 6.07) is 1.87. The lowest BCUT2D eigenvalue weighted by molar-refractivity contribution is -0.182. The Kier molecular flexibility index (Phi) is 6.83. The van der Waals surface area contributed by atoms with Gasteiger partial charge >= 0.3 is 0 Å². The molecule has 6 aliphatic rings. The fourth-order valence-corrected chi connectivity index (χ4v) is 13.0. The van der Waals surface area contributed by atoms with Crippen LogP contribution in [0.3, 0.4) is 0 Å². The molecule has 2 N–H and O–H groups in total. The predicted molar refractivity (Wildman–Crippen MR) is 160 cm³/mol. The van der Waals surface area contributed by atoms with Crippen molar-refractivity contribution in [3.63, 3.8) is 0 Å². The lowest BCUT2D eigenvalue weighted by Crippen LogP contribution is -2.59. The largest absolute Gasteiger partial charge is 0.393 e. The second-order valence-electron chi connectivity index (χ2n) is 16.9. The van der Waals surface area contributed by atoms with Crippen LogP contribution in [0.1, 0.15) is 98.5 Å². The molecule has 1 aromatic carbocycles. The average molecular weight is 618 g/mol. The van der Waals surface area contributed by atoms with Gasteiger partial charge in [0.25, 0.3) is 0 Å². The number of carbonyl (C=O) groups excluding carboxylic acids is 1. The van der Waals surface area contributed by atoms with Crippen LogP contribution in [0, 0.1) is 68.2 Å². The van der Waals surface area contributed by atoms with Gasteiger partial charge in [0.2, 0.25) is 5.91 Å². The predicted octanol–water partition coefficient (Wildman–Crippen LogP) is 6.63. The van der Waals surface area contributed by atoms with E-state index in [1.165, 1.54) is 24.7 Å². The molecule has 5 saturated carbocycles. The molecule has 3 unspecified atom stereocenters. The number of hydrogen-bond donors (Lipinski definition) is 2. The standard InChI is InChI=1S/C36H50F3NO4/c1-19-13-22(17-40(20(2)41)16-21-14-23(37)29(39)24(38)15-21)44-30-28(19)33(5)11-12-36-18-35(36)10-9-27(42)32(3,4)25(35)7-8-26(36)34(33,6)31(30)43/h14-15,19,22,25-28,30-31,42-43H,7-13,16-18H2,1-6H3/t19-,22?,25+,26?,27+,28+,30?,31+,33-,34-,35-,36+/m1/s1. The molecule has 8 heteroatoms. The van der Waals surface area contributed by atoms with Crippen LogP contribution in [0.25, 0.3) is 0 Å². The van der Waals surface area contributed by atoms with E-state index < -0.39 is 23.6 Å². The molecule has 1 saturated heterocycles. The summed E-state index contributed by atoms with van der Waals surface area (Å²) in [5.41, 5.74) is 0.206. The lowest BCUT2D eigenvalue weighted by atomic mass is 9.41. The third-order valence-electron chi connectivity index (χ3n) is 15.1. The lowest BCUT2D eigenvalue weighted by Gasteiger charge is -2.63. The smallest absolute Gasteiger partial charge is 0.219 e. The van der Waals surface area contributed by atoms with E-state index in [4.69, 9.17) is 4.74 Å². The highest BCUT2D eigenvalue weighted by Gasteiger charge is 2.84. The van der Waals surface area contributed by atoms with Gasteiger partial charge in [-0.05, 0) is 114 Å². The summed E-state index contributed by atoms with van der Waals surface area (Å²) in [4.78, 5) is 14.2. The van der Waals surface area contributed by atoms with E-state index in [0.717, 1.165) is 50.7 Å². The van der Waals surface area contributed by atoms with Crippen LogP contribution in [-0.2, 0) is 16.1 Å². The molecule has 5 aliphatic carbocycles. The first-order valence-electron chi connectivity index (χ1n) is 16.9. The maximum atomic E-state index is 13.9. The average Bonchev–Trinajstić information content (AvgIpc) is 3.58. The zero-order valence-corrected chi connectivity index (χ0v) is 27.1. The molecule has 44 heavy (non-hydrogen) atoms. The number of nitrogens with zero attached hydrogens (tertiary/aromatic N) is 1.